The standard InChI is InChI=1S/C25H16N2O7/c1-30-17-9-4-7-14(21(17)34-24(28)18-10-5-11-31-18)19-15(12-26)23(27)33-22-13-6-2-3-8-16(13)32-25(29)20(19)22/h2-11,19H,27H2,1H3. The minimum atomic E-state index is -1.05. The van der Waals surface area contributed by atoms with Crippen LogP contribution in [0.25, 0.3) is 11.0 Å². The van der Waals surface area contributed by atoms with Gasteiger partial charge >= 0.3 is 11.6 Å². The molecule has 2 aromatic heterocycles. The number of nitrogens with zero attached hydrogens (tertiary/aromatic N) is 1. The number of nitrogens with two attached hydrogens (primary N) is 1. The number of rotatable bonds is 4. The highest BCUT2D eigenvalue weighted by Gasteiger charge is 2.38. The Balaban J connectivity index is 1.77. The molecule has 2 aromatic carbocycles. The monoisotopic (exact) mass is 456 g/mol. The van der Waals surface area contributed by atoms with Crippen molar-refractivity contribution in [3.8, 4) is 23.3 Å². The van der Waals surface area contributed by atoms with E-state index in [1.165, 1.54) is 19.4 Å². The van der Waals surface area contributed by atoms with Gasteiger partial charge in [-0.3, -0.25) is 0 Å². The fraction of sp³-hybridized carbons (Fsp3) is 0.0800. The van der Waals surface area contributed by atoms with Crippen LogP contribution in [-0.4, -0.2) is 13.1 Å². The first kappa shape index (κ1) is 20.9. The van der Waals surface area contributed by atoms with E-state index in [0.29, 0.717) is 11.0 Å². The molecular formula is C25H16N2O7. The van der Waals surface area contributed by atoms with E-state index in [4.69, 9.17) is 28.8 Å². The molecule has 1 unspecified atom stereocenters. The summed E-state index contributed by atoms with van der Waals surface area (Å²) in [5.74, 6) is -1.69. The molecule has 0 fully saturated rings. The lowest BCUT2D eigenvalue weighted by Gasteiger charge is -2.27. The largest absolute Gasteiger partial charge is 0.493 e. The molecule has 1 aliphatic heterocycles. The average molecular weight is 456 g/mol. The smallest absolute Gasteiger partial charge is 0.379 e. The molecule has 0 saturated carbocycles. The van der Waals surface area contributed by atoms with Gasteiger partial charge in [-0.15, -0.1) is 0 Å². The number of carbonyl (C=O) groups is 1. The Morgan fingerprint density at radius 2 is 1.94 bits per heavy atom. The molecule has 0 aliphatic carbocycles. The molecule has 1 atom stereocenters. The maximum atomic E-state index is 13.1. The second kappa shape index (κ2) is 8.18. The van der Waals surface area contributed by atoms with Gasteiger partial charge in [0.25, 0.3) is 0 Å². The first-order chi connectivity index (χ1) is 16.5. The van der Waals surface area contributed by atoms with Crippen LogP contribution in [0.5, 0.6) is 17.2 Å². The zero-order valence-corrected chi connectivity index (χ0v) is 17.7. The third-order valence-corrected chi connectivity index (χ3v) is 5.43. The number of ether oxygens (including phenoxy) is 3. The van der Waals surface area contributed by atoms with Gasteiger partial charge in [-0.1, -0.05) is 24.3 Å². The summed E-state index contributed by atoms with van der Waals surface area (Å²) < 4.78 is 27.4. The number of fused-ring (bicyclic) bond motifs is 3. The zero-order valence-electron chi connectivity index (χ0n) is 17.7. The molecule has 0 amide bonds. The first-order valence-corrected chi connectivity index (χ1v) is 10.1. The van der Waals surface area contributed by atoms with Crippen molar-refractivity contribution in [2.75, 3.05) is 7.11 Å². The summed E-state index contributed by atoms with van der Waals surface area (Å²) in [7, 11) is 1.40. The fourth-order valence-electron chi connectivity index (χ4n) is 3.94. The van der Waals surface area contributed by atoms with Gasteiger partial charge in [0.2, 0.25) is 11.6 Å². The molecule has 9 heteroatoms. The first-order valence-electron chi connectivity index (χ1n) is 10.1. The predicted octanol–water partition coefficient (Wildman–Crippen LogP) is 3.83. The summed E-state index contributed by atoms with van der Waals surface area (Å²) in [6.07, 6.45) is 1.34. The van der Waals surface area contributed by atoms with E-state index in [-0.39, 0.29) is 45.6 Å². The van der Waals surface area contributed by atoms with Crippen molar-refractivity contribution >= 4 is 16.9 Å². The van der Waals surface area contributed by atoms with E-state index in [1.807, 2.05) is 6.07 Å². The summed E-state index contributed by atoms with van der Waals surface area (Å²) in [4.78, 5) is 25.8. The third-order valence-electron chi connectivity index (χ3n) is 5.43. The number of methoxy groups -OCH3 is 1. The second-order valence-electron chi connectivity index (χ2n) is 7.30. The highest BCUT2D eigenvalue weighted by Crippen LogP contribution is 2.48. The predicted molar refractivity (Wildman–Crippen MR) is 118 cm³/mol. The maximum Gasteiger partial charge on any atom is 0.379 e. The van der Waals surface area contributed by atoms with E-state index in [1.54, 1.807) is 48.5 Å². The van der Waals surface area contributed by atoms with Gasteiger partial charge in [0.15, 0.2) is 17.2 Å². The number of carbonyl (C=O) groups excluding carboxylic acids is 1. The third kappa shape index (κ3) is 3.25. The molecule has 0 spiro atoms. The normalized spacial score (nSPS) is 14.8. The SMILES string of the molecule is COc1cccc(C2C(C#N)=C(N)Oc3c2c(=O)oc2ccccc32)c1OC(=O)c1ccco1. The van der Waals surface area contributed by atoms with Crippen LogP contribution in [0.1, 0.15) is 27.6 Å². The Morgan fingerprint density at radius 3 is 2.68 bits per heavy atom. The van der Waals surface area contributed by atoms with Gasteiger partial charge in [-0.05, 0) is 30.3 Å². The van der Waals surface area contributed by atoms with Crippen molar-refractivity contribution in [2.45, 2.75) is 5.92 Å². The fourth-order valence-corrected chi connectivity index (χ4v) is 3.94. The lowest BCUT2D eigenvalue weighted by Crippen LogP contribution is -2.27. The second-order valence-corrected chi connectivity index (χ2v) is 7.30. The van der Waals surface area contributed by atoms with E-state index in [9.17, 15) is 14.9 Å². The number of hydrogen-bond donors (Lipinski definition) is 1. The summed E-state index contributed by atoms with van der Waals surface area (Å²) in [5, 5.41) is 10.4. The summed E-state index contributed by atoms with van der Waals surface area (Å²) >= 11 is 0. The minimum Gasteiger partial charge on any atom is -0.493 e. The number of nitriles is 1. The van der Waals surface area contributed by atoms with Crippen molar-refractivity contribution in [3.05, 3.63) is 99.6 Å². The van der Waals surface area contributed by atoms with E-state index in [0.717, 1.165) is 0 Å². The van der Waals surface area contributed by atoms with Crippen LogP contribution >= 0.6 is 0 Å². The lowest BCUT2D eigenvalue weighted by atomic mass is 9.83. The molecule has 1 aliphatic rings. The number of para-hydroxylation sites is 2. The van der Waals surface area contributed by atoms with Crippen molar-refractivity contribution < 1.29 is 27.8 Å². The van der Waals surface area contributed by atoms with Gasteiger partial charge in [0.1, 0.15) is 17.2 Å². The van der Waals surface area contributed by atoms with Crippen molar-refractivity contribution in [2.24, 2.45) is 5.73 Å². The molecule has 3 heterocycles. The van der Waals surface area contributed by atoms with Gasteiger partial charge < -0.3 is 28.8 Å². The van der Waals surface area contributed by atoms with E-state index < -0.39 is 17.5 Å². The number of allylic oxidation sites excluding steroid dienone is 1. The van der Waals surface area contributed by atoms with Crippen LogP contribution in [0.15, 0.2) is 85.9 Å². The number of furan rings is 1. The Morgan fingerprint density at radius 1 is 1.12 bits per heavy atom. The topological polar surface area (TPSA) is 138 Å². The van der Waals surface area contributed by atoms with Crippen molar-refractivity contribution in [1.29, 1.82) is 5.26 Å². The molecule has 4 aromatic rings. The molecule has 168 valence electrons. The number of esters is 1. The van der Waals surface area contributed by atoms with Crippen LogP contribution in [0.2, 0.25) is 0 Å². The number of hydrogen-bond acceptors (Lipinski definition) is 9. The Hall–Kier alpha value is -4.97. The van der Waals surface area contributed by atoms with Crippen molar-refractivity contribution in [3.63, 3.8) is 0 Å². The molecule has 34 heavy (non-hydrogen) atoms. The molecular weight excluding hydrogens is 440 g/mol. The minimum absolute atomic E-state index is 0.00245. The Bertz CT molecular complexity index is 1560. The van der Waals surface area contributed by atoms with Crippen LogP contribution in [0.3, 0.4) is 0 Å². The number of benzene rings is 2. The molecule has 2 N–H and O–H groups in total. The zero-order chi connectivity index (χ0) is 23.8. The van der Waals surface area contributed by atoms with E-state index >= 15 is 0 Å². The molecule has 9 nitrogen and oxygen atoms in total. The summed E-state index contributed by atoms with van der Waals surface area (Å²) in [5.41, 5.74) is 5.99. The maximum absolute atomic E-state index is 13.1. The quantitative estimate of drug-likeness (QED) is 0.276. The molecule has 0 saturated heterocycles. The highest BCUT2D eigenvalue weighted by atomic mass is 16.6. The van der Waals surface area contributed by atoms with Gasteiger partial charge in [-0.2, -0.15) is 5.26 Å². The average Bonchev–Trinajstić information content (AvgIpc) is 3.39. The van der Waals surface area contributed by atoms with Crippen LogP contribution in [-0.2, 0) is 0 Å². The van der Waals surface area contributed by atoms with Crippen LogP contribution in [0, 0.1) is 11.3 Å². The highest BCUT2D eigenvalue weighted by molar-refractivity contribution is 5.89. The van der Waals surface area contributed by atoms with Gasteiger partial charge in [-0.25, -0.2) is 9.59 Å². The summed E-state index contributed by atoms with van der Waals surface area (Å²) in [6, 6.07) is 16.6. The van der Waals surface area contributed by atoms with Crippen LogP contribution in [0.4, 0.5) is 0 Å². The Labute approximate surface area is 192 Å². The van der Waals surface area contributed by atoms with Crippen molar-refractivity contribution in [1.82, 2.24) is 0 Å². The molecule has 5 rings (SSSR count). The van der Waals surface area contributed by atoms with Gasteiger partial charge in [0, 0.05) is 5.56 Å². The Kier molecular flexibility index (Phi) is 5.03. The molecule has 0 bridgehead atoms. The van der Waals surface area contributed by atoms with E-state index in [2.05, 4.69) is 0 Å². The molecule has 0 radical (unpaired) electrons. The lowest BCUT2D eigenvalue weighted by molar-refractivity contribution is 0.0694. The van der Waals surface area contributed by atoms with Gasteiger partial charge in [0.05, 0.1) is 30.2 Å². The summed E-state index contributed by atoms with van der Waals surface area (Å²) in [6.45, 7) is 0. The van der Waals surface area contributed by atoms with Crippen LogP contribution < -0.4 is 25.6 Å².